The number of hydrogen-bond acceptors (Lipinski definition) is 2. The topological polar surface area (TPSA) is 18.5 Å². The third-order valence-electron chi connectivity index (χ3n) is 3.56. The van der Waals surface area contributed by atoms with Gasteiger partial charge < -0.3 is 9.47 Å². The quantitative estimate of drug-likeness (QED) is 0.634. The van der Waals surface area contributed by atoms with Crippen LogP contribution >= 0.6 is 0 Å². The number of ether oxygens (including phenoxy) is 2. The van der Waals surface area contributed by atoms with Gasteiger partial charge in [0.1, 0.15) is 0 Å². The average molecular weight is 250 g/mol. The summed E-state index contributed by atoms with van der Waals surface area (Å²) in [6, 6.07) is 6.20. The lowest BCUT2D eigenvalue weighted by molar-refractivity contribution is 0.354. The lowest BCUT2D eigenvalue weighted by Gasteiger charge is -2.10. The van der Waals surface area contributed by atoms with E-state index in [1.54, 1.807) is 14.2 Å². The number of unbranched alkanes of at least 4 members (excludes halogenated alkanes) is 1. The van der Waals surface area contributed by atoms with Crippen molar-refractivity contribution in [2.24, 2.45) is 5.92 Å². The van der Waals surface area contributed by atoms with Gasteiger partial charge >= 0.3 is 0 Å². The van der Waals surface area contributed by atoms with Crippen LogP contribution in [-0.4, -0.2) is 14.2 Å². The summed E-state index contributed by atoms with van der Waals surface area (Å²) in [5.41, 5.74) is 1.33. The van der Waals surface area contributed by atoms with Crippen molar-refractivity contribution >= 4 is 0 Å². The van der Waals surface area contributed by atoms with Crippen LogP contribution in [0.1, 0.15) is 45.1 Å². The van der Waals surface area contributed by atoms with Crippen LogP contribution in [0.15, 0.2) is 18.2 Å². The molecular formula is C16H26O2. The predicted molar refractivity (Wildman–Crippen MR) is 76.6 cm³/mol. The van der Waals surface area contributed by atoms with E-state index in [0.717, 1.165) is 23.8 Å². The monoisotopic (exact) mass is 250 g/mol. The number of rotatable bonds is 8. The van der Waals surface area contributed by atoms with Crippen LogP contribution in [0.25, 0.3) is 0 Å². The van der Waals surface area contributed by atoms with E-state index in [1.807, 2.05) is 6.07 Å². The van der Waals surface area contributed by atoms with Crippen LogP contribution in [0.4, 0.5) is 0 Å². The third-order valence-corrected chi connectivity index (χ3v) is 3.56. The van der Waals surface area contributed by atoms with Crippen LogP contribution in [0.2, 0.25) is 0 Å². The van der Waals surface area contributed by atoms with E-state index in [1.165, 1.54) is 31.2 Å². The van der Waals surface area contributed by atoms with Crippen molar-refractivity contribution in [2.75, 3.05) is 14.2 Å². The van der Waals surface area contributed by atoms with Gasteiger partial charge in [-0.15, -0.1) is 0 Å². The zero-order chi connectivity index (χ0) is 13.4. The molecule has 1 unspecified atom stereocenters. The van der Waals surface area contributed by atoms with Crippen LogP contribution < -0.4 is 9.47 Å². The molecule has 0 aromatic heterocycles. The molecule has 0 aliphatic rings. The van der Waals surface area contributed by atoms with Gasteiger partial charge in [0.2, 0.25) is 0 Å². The van der Waals surface area contributed by atoms with E-state index in [-0.39, 0.29) is 0 Å². The molecule has 1 atom stereocenters. The first-order valence-electron chi connectivity index (χ1n) is 6.92. The average Bonchev–Trinajstić information content (AvgIpc) is 2.42. The first kappa shape index (κ1) is 14.9. The SMILES string of the molecule is CCC(C)CCCCc1ccc(OC)c(OC)c1. The normalized spacial score (nSPS) is 12.2. The highest BCUT2D eigenvalue weighted by Gasteiger charge is 2.04. The minimum Gasteiger partial charge on any atom is -0.493 e. The number of aryl methyl sites for hydroxylation is 1. The maximum absolute atomic E-state index is 5.31. The summed E-state index contributed by atoms with van der Waals surface area (Å²) in [7, 11) is 3.36. The Bertz CT molecular complexity index is 347. The molecule has 1 aromatic rings. The van der Waals surface area contributed by atoms with Gasteiger partial charge in [0.05, 0.1) is 14.2 Å². The second-order valence-electron chi connectivity index (χ2n) is 4.95. The van der Waals surface area contributed by atoms with Crippen molar-refractivity contribution in [3.05, 3.63) is 23.8 Å². The van der Waals surface area contributed by atoms with Crippen LogP contribution in [0.3, 0.4) is 0 Å². The highest BCUT2D eigenvalue weighted by Crippen LogP contribution is 2.28. The summed E-state index contributed by atoms with van der Waals surface area (Å²) in [5, 5.41) is 0. The molecule has 0 aliphatic carbocycles. The molecule has 2 heteroatoms. The van der Waals surface area contributed by atoms with Gasteiger partial charge in [-0.1, -0.05) is 39.2 Å². The summed E-state index contributed by atoms with van der Waals surface area (Å²) >= 11 is 0. The van der Waals surface area contributed by atoms with Crippen LogP contribution in [0, 0.1) is 5.92 Å². The van der Waals surface area contributed by atoms with Gasteiger partial charge in [0.15, 0.2) is 11.5 Å². The van der Waals surface area contributed by atoms with Crippen molar-refractivity contribution in [1.82, 2.24) is 0 Å². The fourth-order valence-corrected chi connectivity index (χ4v) is 2.06. The number of benzene rings is 1. The Balaban J connectivity index is 2.43. The first-order valence-corrected chi connectivity index (χ1v) is 6.92. The fourth-order valence-electron chi connectivity index (χ4n) is 2.06. The molecule has 0 spiro atoms. The van der Waals surface area contributed by atoms with Gasteiger partial charge in [-0.3, -0.25) is 0 Å². The van der Waals surface area contributed by atoms with Gasteiger partial charge in [-0.05, 0) is 36.5 Å². The van der Waals surface area contributed by atoms with Gasteiger partial charge in [-0.2, -0.15) is 0 Å². The summed E-state index contributed by atoms with van der Waals surface area (Å²) in [4.78, 5) is 0. The van der Waals surface area contributed by atoms with E-state index in [9.17, 15) is 0 Å². The molecule has 0 bridgehead atoms. The van der Waals surface area contributed by atoms with Crippen molar-refractivity contribution in [3.63, 3.8) is 0 Å². The molecular weight excluding hydrogens is 224 g/mol. The Hall–Kier alpha value is -1.18. The van der Waals surface area contributed by atoms with E-state index < -0.39 is 0 Å². The van der Waals surface area contributed by atoms with Crippen molar-refractivity contribution in [3.8, 4) is 11.5 Å². The standard InChI is InChI=1S/C16H26O2/c1-5-13(2)8-6-7-9-14-10-11-15(17-3)16(12-14)18-4/h10-13H,5-9H2,1-4H3. The molecule has 0 N–H and O–H groups in total. The minimum absolute atomic E-state index is 0.806. The van der Waals surface area contributed by atoms with E-state index in [2.05, 4.69) is 26.0 Å². The second kappa shape index (κ2) is 8.02. The Morgan fingerprint density at radius 2 is 1.78 bits per heavy atom. The molecule has 102 valence electrons. The molecule has 0 aliphatic heterocycles. The molecule has 0 fully saturated rings. The minimum atomic E-state index is 0.806. The third kappa shape index (κ3) is 4.59. The second-order valence-corrected chi connectivity index (χ2v) is 4.95. The van der Waals surface area contributed by atoms with Crippen LogP contribution in [0.5, 0.6) is 11.5 Å². The van der Waals surface area contributed by atoms with Crippen molar-refractivity contribution in [1.29, 1.82) is 0 Å². The Morgan fingerprint density at radius 3 is 2.39 bits per heavy atom. The fraction of sp³-hybridized carbons (Fsp3) is 0.625. The predicted octanol–water partition coefficient (Wildman–Crippen LogP) is 4.46. The lowest BCUT2D eigenvalue weighted by Crippen LogP contribution is -1.95. The van der Waals surface area contributed by atoms with E-state index in [4.69, 9.17) is 9.47 Å². The van der Waals surface area contributed by atoms with Gasteiger partial charge in [0, 0.05) is 0 Å². The first-order chi connectivity index (χ1) is 8.71. The summed E-state index contributed by atoms with van der Waals surface area (Å²) in [6.07, 6.45) is 6.31. The van der Waals surface area contributed by atoms with E-state index in [0.29, 0.717) is 0 Å². The number of methoxy groups -OCH3 is 2. The van der Waals surface area contributed by atoms with Crippen LogP contribution in [-0.2, 0) is 6.42 Å². The molecule has 0 heterocycles. The molecule has 0 radical (unpaired) electrons. The Morgan fingerprint density at radius 1 is 1.06 bits per heavy atom. The summed E-state index contributed by atoms with van der Waals surface area (Å²) in [6.45, 7) is 4.59. The highest BCUT2D eigenvalue weighted by molar-refractivity contribution is 5.42. The van der Waals surface area contributed by atoms with Gasteiger partial charge in [-0.25, -0.2) is 0 Å². The molecule has 1 rings (SSSR count). The van der Waals surface area contributed by atoms with Crippen molar-refractivity contribution < 1.29 is 9.47 Å². The molecule has 0 amide bonds. The molecule has 0 saturated carbocycles. The zero-order valence-electron chi connectivity index (χ0n) is 12.2. The molecule has 0 saturated heterocycles. The summed E-state index contributed by atoms with van der Waals surface area (Å²) < 4.78 is 10.6. The smallest absolute Gasteiger partial charge is 0.160 e. The van der Waals surface area contributed by atoms with Crippen molar-refractivity contribution in [2.45, 2.75) is 46.0 Å². The Labute approximate surface area is 111 Å². The highest BCUT2D eigenvalue weighted by atomic mass is 16.5. The number of hydrogen-bond donors (Lipinski definition) is 0. The molecule has 2 nitrogen and oxygen atoms in total. The lowest BCUT2D eigenvalue weighted by atomic mass is 9.99. The van der Waals surface area contributed by atoms with E-state index >= 15 is 0 Å². The zero-order valence-corrected chi connectivity index (χ0v) is 12.2. The molecule has 1 aromatic carbocycles. The maximum Gasteiger partial charge on any atom is 0.160 e. The largest absolute Gasteiger partial charge is 0.493 e. The summed E-state index contributed by atoms with van der Waals surface area (Å²) in [5.74, 6) is 2.49. The molecule has 18 heavy (non-hydrogen) atoms. The maximum atomic E-state index is 5.31. The Kier molecular flexibility index (Phi) is 6.63. The van der Waals surface area contributed by atoms with Gasteiger partial charge in [0.25, 0.3) is 0 Å².